The van der Waals surface area contributed by atoms with Crippen LogP contribution in [0.4, 0.5) is 0 Å². The third-order valence-corrected chi connectivity index (χ3v) is 4.71. The minimum Gasteiger partial charge on any atom is -0.379 e. The van der Waals surface area contributed by atoms with Crippen molar-refractivity contribution >= 4 is 37.0 Å². The zero-order chi connectivity index (χ0) is 14.2. The van der Waals surface area contributed by atoms with Gasteiger partial charge < -0.3 is 9.17 Å². The summed E-state index contributed by atoms with van der Waals surface area (Å²) in [5.41, 5.74) is 0.898. The minimum atomic E-state index is -3.81. The molecule has 0 aliphatic heterocycles. The van der Waals surface area contributed by atoms with Crippen LogP contribution in [0.3, 0.4) is 0 Å². The monoisotopic (exact) mass is 351 g/mol. The number of hydrogen-bond donors (Lipinski definition) is 1. The third kappa shape index (κ3) is 2.44. The summed E-state index contributed by atoms with van der Waals surface area (Å²) < 4.78 is 30.2. The molecule has 102 valence electrons. The van der Waals surface area contributed by atoms with E-state index in [0.29, 0.717) is 0 Å². The predicted molar refractivity (Wildman–Crippen MR) is 80.3 cm³/mol. The first kappa shape index (κ1) is 13.2. The Kier molecular flexibility index (Phi) is 3.27. The summed E-state index contributed by atoms with van der Waals surface area (Å²) in [5.74, 6) is 0.271. The molecule has 0 spiro atoms. The van der Waals surface area contributed by atoms with E-state index in [9.17, 15) is 8.42 Å². The van der Waals surface area contributed by atoms with Crippen molar-refractivity contribution in [2.45, 2.75) is 4.90 Å². The lowest BCUT2D eigenvalue weighted by molar-refractivity contribution is 0.486. The molecule has 0 aliphatic carbocycles. The number of aromatic nitrogens is 1. The average Bonchev–Trinajstić information content (AvgIpc) is 2.88. The van der Waals surface area contributed by atoms with Crippen LogP contribution in [0.15, 0.2) is 64.1 Å². The maximum Gasteiger partial charge on any atom is 0.339 e. The highest BCUT2D eigenvalue weighted by atomic mass is 79.9. The largest absolute Gasteiger partial charge is 0.379 e. The number of hydrogen-bond acceptors (Lipinski definition) is 3. The van der Waals surface area contributed by atoms with Gasteiger partial charge in [0, 0.05) is 16.1 Å². The second-order valence-electron chi connectivity index (χ2n) is 4.20. The molecule has 4 nitrogen and oxygen atoms in total. The summed E-state index contributed by atoms with van der Waals surface area (Å²) in [6.07, 6.45) is 1.78. The van der Waals surface area contributed by atoms with E-state index in [1.807, 2.05) is 6.07 Å². The standard InChI is InChI=1S/C14H10BrNO3S/c15-13-9-11(8-10-6-7-16-14(10)13)19-20(17,18)12-4-2-1-3-5-12/h1-9,16H. The van der Waals surface area contributed by atoms with Crippen molar-refractivity contribution in [3.05, 3.63) is 59.2 Å². The van der Waals surface area contributed by atoms with Crippen LogP contribution in [-0.4, -0.2) is 13.4 Å². The lowest BCUT2D eigenvalue weighted by Crippen LogP contribution is -2.09. The van der Waals surface area contributed by atoms with Gasteiger partial charge in [-0.05, 0) is 46.3 Å². The maximum absolute atomic E-state index is 12.1. The zero-order valence-electron chi connectivity index (χ0n) is 10.2. The maximum atomic E-state index is 12.1. The van der Waals surface area contributed by atoms with Crippen molar-refractivity contribution < 1.29 is 12.6 Å². The van der Waals surface area contributed by atoms with E-state index in [1.165, 1.54) is 12.1 Å². The molecule has 20 heavy (non-hydrogen) atoms. The Labute approximate surface area is 124 Å². The normalized spacial score (nSPS) is 11.7. The first-order valence-corrected chi connectivity index (χ1v) is 8.02. The van der Waals surface area contributed by atoms with E-state index in [4.69, 9.17) is 4.18 Å². The summed E-state index contributed by atoms with van der Waals surface area (Å²) in [6, 6.07) is 13.2. The van der Waals surface area contributed by atoms with Gasteiger partial charge >= 0.3 is 10.1 Å². The van der Waals surface area contributed by atoms with Crippen LogP contribution in [0.5, 0.6) is 5.75 Å². The molecule has 0 fully saturated rings. The Bertz CT molecular complexity index is 857. The van der Waals surface area contributed by atoms with Gasteiger partial charge in [0.05, 0.1) is 5.52 Å². The highest BCUT2D eigenvalue weighted by Crippen LogP contribution is 2.30. The molecule has 0 unspecified atom stereocenters. The van der Waals surface area contributed by atoms with E-state index >= 15 is 0 Å². The molecule has 0 aliphatic rings. The highest BCUT2D eigenvalue weighted by molar-refractivity contribution is 9.10. The SMILES string of the molecule is O=S(=O)(Oc1cc(Br)c2[nH]ccc2c1)c1ccccc1. The van der Waals surface area contributed by atoms with Gasteiger partial charge in [0.25, 0.3) is 0 Å². The van der Waals surface area contributed by atoms with E-state index in [-0.39, 0.29) is 10.6 Å². The van der Waals surface area contributed by atoms with Crippen molar-refractivity contribution in [2.24, 2.45) is 0 Å². The molecule has 0 amide bonds. The van der Waals surface area contributed by atoms with E-state index in [1.54, 1.807) is 36.5 Å². The molecule has 3 rings (SSSR count). The fraction of sp³-hybridized carbons (Fsp3) is 0. The van der Waals surface area contributed by atoms with Crippen molar-refractivity contribution in [1.29, 1.82) is 0 Å². The second-order valence-corrected chi connectivity index (χ2v) is 6.60. The van der Waals surface area contributed by atoms with Crippen LogP contribution in [0, 0.1) is 0 Å². The smallest absolute Gasteiger partial charge is 0.339 e. The number of halogens is 1. The molecule has 1 heterocycles. The number of fused-ring (bicyclic) bond motifs is 1. The van der Waals surface area contributed by atoms with Gasteiger partial charge in [0.2, 0.25) is 0 Å². The highest BCUT2D eigenvalue weighted by Gasteiger charge is 2.17. The summed E-state index contributed by atoms with van der Waals surface area (Å²) in [6.45, 7) is 0. The molecule has 0 saturated carbocycles. The molecule has 3 aromatic rings. The molecule has 0 radical (unpaired) electrons. The minimum absolute atomic E-state index is 0.130. The van der Waals surface area contributed by atoms with Gasteiger partial charge in [0.15, 0.2) is 0 Å². The Morgan fingerprint density at radius 1 is 1.05 bits per heavy atom. The number of aromatic amines is 1. The van der Waals surface area contributed by atoms with Crippen LogP contribution < -0.4 is 4.18 Å². The molecule has 0 saturated heterocycles. The molecular formula is C14H10BrNO3S. The molecule has 0 atom stereocenters. The van der Waals surface area contributed by atoms with Gasteiger partial charge in [-0.2, -0.15) is 8.42 Å². The molecule has 6 heteroatoms. The Hall–Kier alpha value is -1.79. The van der Waals surface area contributed by atoms with E-state index < -0.39 is 10.1 Å². The predicted octanol–water partition coefficient (Wildman–Crippen LogP) is 3.70. The van der Waals surface area contributed by atoms with Crippen molar-refractivity contribution in [2.75, 3.05) is 0 Å². The summed E-state index contributed by atoms with van der Waals surface area (Å²) in [4.78, 5) is 3.19. The summed E-state index contributed by atoms with van der Waals surface area (Å²) in [5, 5.41) is 0.873. The summed E-state index contributed by atoms with van der Waals surface area (Å²) in [7, 11) is -3.81. The number of benzene rings is 2. The molecule has 0 bridgehead atoms. The Balaban J connectivity index is 2.01. The molecular weight excluding hydrogens is 342 g/mol. The number of H-pyrrole nitrogens is 1. The van der Waals surface area contributed by atoms with Gasteiger partial charge in [-0.3, -0.25) is 0 Å². The second kappa shape index (κ2) is 4.96. The van der Waals surface area contributed by atoms with Crippen molar-refractivity contribution in [1.82, 2.24) is 4.98 Å². The van der Waals surface area contributed by atoms with Crippen LogP contribution in [0.25, 0.3) is 10.9 Å². The van der Waals surface area contributed by atoms with Crippen molar-refractivity contribution in [3.8, 4) is 5.75 Å². The van der Waals surface area contributed by atoms with Gasteiger partial charge in [-0.1, -0.05) is 18.2 Å². The van der Waals surface area contributed by atoms with Crippen LogP contribution >= 0.6 is 15.9 Å². The first-order chi connectivity index (χ1) is 9.56. The lowest BCUT2D eigenvalue weighted by atomic mass is 10.2. The topological polar surface area (TPSA) is 59.2 Å². The Morgan fingerprint density at radius 2 is 1.80 bits per heavy atom. The first-order valence-electron chi connectivity index (χ1n) is 5.82. The molecule has 1 aromatic heterocycles. The third-order valence-electron chi connectivity index (χ3n) is 2.82. The van der Waals surface area contributed by atoms with Gasteiger partial charge in [-0.15, -0.1) is 0 Å². The van der Waals surface area contributed by atoms with Gasteiger partial charge in [-0.25, -0.2) is 0 Å². The van der Waals surface area contributed by atoms with Crippen LogP contribution in [0.2, 0.25) is 0 Å². The molecule has 1 N–H and O–H groups in total. The average molecular weight is 352 g/mol. The van der Waals surface area contributed by atoms with Crippen LogP contribution in [0.1, 0.15) is 0 Å². The number of rotatable bonds is 3. The Morgan fingerprint density at radius 3 is 2.55 bits per heavy atom. The fourth-order valence-corrected chi connectivity index (χ4v) is 3.42. The van der Waals surface area contributed by atoms with Crippen LogP contribution in [-0.2, 0) is 10.1 Å². The molecule has 2 aromatic carbocycles. The van der Waals surface area contributed by atoms with Crippen molar-refractivity contribution in [3.63, 3.8) is 0 Å². The zero-order valence-corrected chi connectivity index (χ0v) is 12.6. The van der Waals surface area contributed by atoms with E-state index in [2.05, 4.69) is 20.9 Å². The lowest BCUT2D eigenvalue weighted by Gasteiger charge is -2.07. The van der Waals surface area contributed by atoms with Gasteiger partial charge in [0.1, 0.15) is 10.6 Å². The quantitative estimate of drug-likeness (QED) is 0.732. The number of nitrogens with one attached hydrogen (secondary N) is 1. The van der Waals surface area contributed by atoms with E-state index in [0.717, 1.165) is 15.4 Å². The summed E-state index contributed by atoms with van der Waals surface area (Å²) >= 11 is 3.38. The fourth-order valence-electron chi connectivity index (χ4n) is 1.91.